The number of aryl methyl sites for hydroxylation is 3. The first-order chi connectivity index (χ1) is 17.9. The van der Waals surface area contributed by atoms with Gasteiger partial charge in [-0.05, 0) is 70.8 Å². The predicted octanol–water partition coefficient (Wildman–Crippen LogP) is 9.22. The van der Waals surface area contributed by atoms with Crippen molar-refractivity contribution in [3.8, 4) is 22.8 Å². The number of pyridine rings is 1. The maximum atomic E-state index is 6.98. The van der Waals surface area contributed by atoms with E-state index >= 15 is 0 Å². The maximum Gasteiger partial charge on any atom is 0.228 e. The minimum absolute atomic E-state index is 0.351. The van der Waals surface area contributed by atoms with Crippen LogP contribution >= 0.6 is 0 Å². The van der Waals surface area contributed by atoms with Crippen molar-refractivity contribution in [2.24, 2.45) is 13.0 Å². The van der Waals surface area contributed by atoms with E-state index in [0.29, 0.717) is 5.92 Å². The molecule has 4 aromatic carbocycles. The molecule has 2 aliphatic rings. The lowest BCUT2D eigenvalue weighted by molar-refractivity contribution is -0.659. The lowest BCUT2D eigenvalue weighted by Gasteiger charge is -2.27. The fourth-order valence-electron chi connectivity index (χ4n) is 7.21. The topological polar surface area (TPSA) is 13.1 Å². The largest absolute Gasteiger partial charge is 0.455 e. The SMILES string of the molecule is Cc1ccc2c(C(C)C)c3c(c(C)c2c1)-c1c2c(cc4cc(CC5CCCC5)ccc4c2cc[n+]1C)O3. The Hall–Kier alpha value is -3.39. The summed E-state index contributed by atoms with van der Waals surface area (Å²) < 4.78 is 9.28. The first kappa shape index (κ1) is 22.8. The maximum absolute atomic E-state index is 6.98. The second-order valence-corrected chi connectivity index (χ2v) is 11.9. The quantitative estimate of drug-likeness (QED) is 0.179. The minimum Gasteiger partial charge on any atom is -0.455 e. The molecular formula is C35H36NO+. The highest BCUT2D eigenvalue weighted by Crippen LogP contribution is 2.53. The highest BCUT2D eigenvalue weighted by molar-refractivity contribution is 6.16. The molecule has 2 heteroatoms. The number of aromatic nitrogens is 1. The zero-order valence-electron chi connectivity index (χ0n) is 22.7. The second-order valence-electron chi connectivity index (χ2n) is 11.9. The molecule has 1 fully saturated rings. The Balaban J connectivity index is 1.53. The molecule has 0 unspecified atom stereocenters. The Morgan fingerprint density at radius 1 is 0.892 bits per heavy atom. The molecule has 1 aliphatic carbocycles. The summed E-state index contributed by atoms with van der Waals surface area (Å²) in [7, 11) is 2.18. The summed E-state index contributed by atoms with van der Waals surface area (Å²) >= 11 is 0. The van der Waals surface area contributed by atoms with Gasteiger partial charge in [0.2, 0.25) is 5.69 Å². The summed E-state index contributed by atoms with van der Waals surface area (Å²) in [5, 5.41) is 7.78. The van der Waals surface area contributed by atoms with E-state index in [2.05, 4.69) is 94.0 Å². The van der Waals surface area contributed by atoms with Gasteiger partial charge in [-0.2, -0.15) is 0 Å². The molecule has 7 rings (SSSR count). The Morgan fingerprint density at radius 3 is 2.46 bits per heavy atom. The van der Waals surface area contributed by atoms with Gasteiger partial charge >= 0.3 is 0 Å². The van der Waals surface area contributed by atoms with Crippen LogP contribution in [0.15, 0.2) is 54.7 Å². The molecule has 0 amide bonds. The molecule has 1 aliphatic heterocycles. The number of benzene rings is 4. The zero-order chi connectivity index (χ0) is 25.4. The van der Waals surface area contributed by atoms with E-state index in [1.165, 1.54) is 97.9 Å². The van der Waals surface area contributed by atoms with Crippen LogP contribution in [0.2, 0.25) is 0 Å². The van der Waals surface area contributed by atoms with E-state index in [-0.39, 0.29) is 0 Å². The third-order valence-corrected chi connectivity index (χ3v) is 9.00. The molecule has 0 atom stereocenters. The summed E-state index contributed by atoms with van der Waals surface area (Å²) in [5.74, 6) is 3.23. The van der Waals surface area contributed by atoms with Crippen molar-refractivity contribution in [3.63, 3.8) is 0 Å². The highest BCUT2D eigenvalue weighted by atomic mass is 16.5. The third kappa shape index (κ3) is 3.41. The molecular weight excluding hydrogens is 450 g/mol. The van der Waals surface area contributed by atoms with Crippen LogP contribution in [0.25, 0.3) is 43.6 Å². The van der Waals surface area contributed by atoms with Crippen molar-refractivity contribution in [2.45, 2.75) is 65.7 Å². The standard InChI is InChI=1S/C35H36NO/c1-20(2)31-27-12-10-21(3)16-29(27)22(4)32-34-33-28(14-15-36(34)5)26-13-11-24(17-23-8-6-7-9-23)18-25(26)19-30(33)37-35(31)32/h10-16,18-20,23H,6-9,17H2,1-5H3/q+1. The summed E-state index contributed by atoms with van der Waals surface area (Å²) in [6.45, 7) is 9.04. The molecule has 186 valence electrons. The number of rotatable bonds is 3. The van der Waals surface area contributed by atoms with E-state index in [1.54, 1.807) is 0 Å². The normalized spacial score (nSPS) is 15.2. The third-order valence-electron chi connectivity index (χ3n) is 9.00. The molecule has 0 spiro atoms. The van der Waals surface area contributed by atoms with Crippen LogP contribution in [-0.4, -0.2) is 0 Å². The number of hydrogen-bond donors (Lipinski definition) is 0. The second kappa shape index (κ2) is 8.31. The van der Waals surface area contributed by atoms with Crippen LogP contribution in [0.1, 0.15) is 67.7 Å². The van der Waals surface area contributed by atoms with Gasteiger partial charge < -0.3 is 4.74 Å². The van der Waals surface area contributed by atoms with Crippen LogP contribution in [0, 0.1) is 19.8 Å². The molecule has 0 N–H and O–H groups in total. The lowest BCUT2D eigenvalue weighted by Crippen LogP contribution is -2.32. The van der Waals surface area contributed by atoms with Gasteiger partial charge in [-0.1, -0.05) is 81.5 Å². The molecule has 2 heterocycles. The van der Waals surface area contributed by atoms with E-state index in [1.807, 2.05) is 0 Å². The van der Waals surface area contributed by atoms with Crippen molar-refractivity contribution in [3.05, 3.63) is 77.0 Å². The molecule has 37 heavy (non-hydrogen) atoms. The van der Waals surface area contributed by atoms with Crippen molar-refractivity contribution >= 4 is 32.3 Å². The molecule has 0 radical (unpaired) electrons. The number of ether oxygens (including phenoxy) is 1. The van der Waals surface area contributed by atoms with E-state index in [9.17, 15) is 0 Å². The molecule has 1 saturated carbocycles. The first-order valence-corrected chi connectivity index (χ1v) is 14.0. The lowest BCUT2D eigenvalue weighted by atomic mass is 9.84. The number of hydrogen-bond acceptors (Lipinski definition) is 1. The molecule has 0 bridgehead atoms. The Labute approximate surface area is 219 Å². The van der Waals surface area contributed by atoms with Gasteiger partial charge in [0, 0.05) is 17.0 Å². The van der Waals surface area contributed by atoms with E-state index < -0.39 is 0 Å². The predicted molar refractivity (Wildman–Crippen MR) is 155 cm³/mol. The minimum atomic E-state index is 0.351. The Kier molecular flexibility index (Phi) is 5.12. The summed E-state index contributed by atoms with van der Waals surface area (Å²) in [6, 6.07) is 18.6. The summed E-state index contributed by atoms with van der Waals surface area (Å²) in [4.78, 5) is 0. The van der Waals surface area contributed by atoms with Gasteiger partial charge in [0.15, 0.2) is 6.20 Å². The molecule has 0 saturated heterocycles. The Bertz CT molecular complexity index is 1740. The smallest absolute Gasteiger partial charge is 0.228 e. The molecule has 5 aromatic rings. The van der Waals surface area contributed by atoms with Crippen molar-refractivity contribution < 1.29 is 9.30 Å². The zero-order valence-corrected chi connectivity index (χ0v) is 22.7. The van der Waals surface area contributed by atoms with Gasteiger partial charge in [-0.3, -0.25) is 0 Å². The van der Waals surface area contributed by atoms with Gasteiger partial charge in [0.25, 0.3) is 0 Å². The average Bonchev–Trinajstić information content (AvgIpc) is 3.38. The van der Waals surface area contributed by atoms with Crippen LogP contribution in [0.5, 0.6) is 11.5 Å². The van der Waals surface area contributed by atoms with Crippen LogP contribution in [0.4, 0.5) is 0 Å². The Morgan fingerprint density at radius 2 is 1.68 bits per heavy atom. The average molecular weight is 487 g/mol. The summed E-state index contributed by atoms with van der Waals surface area (Å²) in [6.07, 6.45) is 8.98. The number of fused-ring (bicyclic) bond motifs is 5. The molecule has 1 aromatic heterocycles. The fourth-order valence-corrected chi connectivity index (χ4v) is 7.21. The first-order valence-electron chi connectivity index (χ1n) is 14.0. The molecule has 2 nitrogen and oxygen atoms in total. The highest BCUT2D eigenvalue weighted by Gasteiger charge is 2.34. The van der Waals surface area contributed by atoms with E-state index in [4.69, 9.17) is 4.74 Å². The number of nitrogens with zero attached hydrogens (tertiary/aromatic N) is 1. The van der Waals surface area contributed by atoms with E-state index in [0.717, 1.165) is 17.4 Å². The fraction of sp³-hybridized carbons (Fsp3) is 0.343. The van der Waals surface area contributed by atoms with Crippen LogP contribution in [0.3, 0.4) is 0 Å². The van der Waals surface area contributed by atoms with Gasteiger partial charge in [-0.15, -0.1) is 0 Å². The van der Waals surface area contributed by atoms with Crippen molar-refractivity contribution in [1.82, 2.24) is 0 Å². The van der Waals surface area contributed by atoms with Gasteiger partial charge in [0.05, 0.1) is 10.9 Å². The van der Waals surface area contributed by atoms with Gasteiger partial charge in [-0.25, -0.2) is 4.57 Å². The van der Waals surface area contributed by atoms with Crippen LogP contribution in [-0.2, 0) is 13.5 Å². The monoisotopic (exact) mass is 486 g/mol. The van der Waals surface area contributed by atoms with Gasteiger partial charge in [0.1, 0.15) is 18.5 Å². The summed E-state index contributed by atoms with van der Waals surface area (Å²) in [5.41, 5.74) is 7.90. The van der Waals surface area contributed by atoms with Crippen LogP contribution < -0.4 is 9.30 Å². The van der Waals surface area contributed by atoms with Crippen molar-refractivity contribution in [1.29, 1.82) is 0 Å². The van der Waals surface area contributed by atoms with Crippen molar-refractivity contribution in [2.75, 3.05) is 0 Å².